The second-order valence-corrected chi connectivity index (χ2v) is 5.76. The predicted octanol–water partition coefficient (Wildman–Crippen LogP) is 4.19. The number of nitrogens with two attached hydrogens (primary N) is 1. The molecule has 0 aliphatic carbocycles. The summed E-state index contributed by atoms with van der Waals surface area (Å²) in [5, 5.41) is 6.45. The lowest BCUT2D eigenvalue weighted by atomic mass is 10.2. The van der Waals surface area contributed by atoms with Crippen molar-refractivity contribution in [2.24, 2.45) is 5.73 Å². The Balaban J connectivity index is 1.79. The number of rotatable bonds is 5. The molecule has 1 heterocycles. The maximum Gasteiger partial charge on any atom is 0.229 e. The molecular weight excluding hydrogens is 354 g/mol. The third-order valence-corrected chi connectivity index (χ3v) is 3.81. The van der Waals surface area contributed by atoms with E-state index >= 15 is 0 Å². The Hall–Kier alpha value is -2.44. The number of nitrogens with one attached hydrogen (secondary N) is 2. The molecule has 4 N–H and O–H groups in total. The van der Waals surface area contributed by atoms with E-state index < -0.39 is 0 Å². The molecule has 0 radical (unpaired) electrons. The lowest BCUT2D eigenvalue weighted by Crippen LogP contribution is -2.02. The summed E-state index contributed by atoms with van der Waals surface area (Å²) in [5.74, 6) is 1.22. The molecule has 116 valence electrons. The van der Waals surface area contributed by atoms with Crippen LogP contribution in [0.4, 0.5) is 23.1 Å². The van der Waals surface area contributed by atoms with Crippen molar-refractivity contribution >= 4 is 39.1 Å². The Morgan fingerprint density at radius 2 is 1.61 bits per heavy atom. The van der Waals surface area contributed by atoms with Gasteiger partial charge in [0.2, 0.25) is 5.95 Å². The van der Waals surface area contributed by atoms with E-state index in [0.717, 1.165) is 21.4 Å². The molecule has 23 heavy (non-hydrogen) atoms. The smallest absolute Gasteiger partial charge is 0.229 e. The molecule has 1 aromatic heterocycles. The van der Waals surface area contributed by atoms with Crippen molar-refractivity contribution in [3.05, 3.63) is 70.8 Å². The van der Waals surface area contributed by atoms with E-state index in [0.29, 0.717) is 18.3 Å². The van der Waals surface area contributed by atoms with Crippen molar-refractivity contribution in [1.82, 2.24) is 9.97 Å². The molecule has 0 fully saturated rings. The van der Waals surface area contributed by atoms with E-state index in [1.807, 2.05) is 54.6 Å². The molecule has 5 nitrogen and oxygen atoms in total. The van der Waals surface area contributed by atoms with Gasteiger partial charge in [0.25, 0.3) is 0 Å². The Morgan fingerprint density at radius 3 is 2.30 bits per heavy atom. The lowest BCUT2D eigenvalue weighted by molar-refractivity contribution is 1.07. The van der Waals surface area contributed by atoms with Crippen LogP contribution >= 0.6 is 15.9 Å². The van der Waals surface area contributed by atoms with E-state index in [2.05, 4.69) is 36.5 Å². The van der Waals surface area contributed by atoms with Crippen LogP contribution in [0, 0.1) is 0 Å². The Kier molecular flexibility index (Phi) is 4.85. The number of halogens is 1. The molecule has 0 atom stereocenters. The van der Waals surface area contributed by atoms with Crippen LogP contribution in [0.25, 0.3) is 0 Å². The molecule has 0 spiro atoms. The highest BCUT2D eigenvalue weighted by molar-refractivity contribution is 9.10. The molecule has 3 aromatic rings. The summed E-state index contributed by atoms with van der Waals surface area (Å²) >= 11 is 3.46. The zero-order valence-electron chi connectivity index (χ0n) is 12.3. The largest absolute Gasteiger partial charge is 0.339 e. The molecule has 2 aromatic carbocycles. The Bertz CT molecular complexity index is 775. The summed E-state index contributed by atoms with van der Waals surface area (Å²) in [5.41, 5.74) is 8.56. The molecule has 3 rings (SSSR count). The summed E-state index contributed by atoms with van der Waals surface area (Å²) in [6.07, 6.45) is 1.72. The molecule has 0 aliphatic rings. The van der Waals surface area contributed by atoms with Crippen LogP contribution in [0.15, 0.2) is 65.3 Å². The monoisotopic (exact) mass is 369 g/mol. The first-order chi connectivity index (χ1) is 11.2. The van der Waals surface area contributed by atoms with Crippen LogP contribution in [0.3, 0.4) is 0 Å². The van der Waals surface area contributed by atoms with Crippen LogP contribution in [0.5, 0.6) is 0 Å². The molecule has 6 heteroatoms. The van der Waals surface area contributed by atoms with Crippen molar-refractivity contribution in [3.8, 4) is 0 Å². The highest BCUT2D eigenvalue weighted by Gasteiger charge is 2.06. The zero-order chi connectivity index (χ0) is 16.1. The second-order valence-electron chi connectivity index (χ2n) is 4.91. The number of hydrogen-bond acceptors (Lipinski definition) is 5. The van der Waals surface area contributed by atoms with E-state index in [4.69, 9.17) is 5.73 Å². The van der Waals surface area contributed by atoms with Gasteiger partial charge >= 0.3 is 0 Å². The van der Waals surface area contributed by atoms with Crippen molar-refractivity contribution in [1.29, 1.82) is 0 Å². The van der Waals surface area contributed by atoms with Gasteiger partial charge in [-0.05, 0) is 45.8 Å². The molecule has 0 amide bonds. The Morgan fingerprint density at radius 1 is 0.913 bits per heavy atom. The van der Waals surface area contributed by atoms with Gasteiger partial charge in [-0.1, -0.05) is 30.3 Å². The summed E-state index contributed by atoms with van der Waals surface area (Å²) in [4.78, 5) is 8.79. The average Bonchev–Trinajstić information content (AvgIpc) is 2.59. The van der Waals surface area contributed by atoms with Gasteiger partial charge in [-0.25, -0.2) is 4.98 Å². The fourth-order valence-electron chi connectivity index (χ4n) is 2.03. The van der Waals surface area contributed by atoms with Crippen molar-refractivity contribution in [2.75, 3.05) is 10.6 Å². The number of hydrogen-bond donors (Lipinski definition) is 3. The molecular formula is C17H16BrN5. The van der Waals surface area contributed by atoms with E-state index in [-0.39, 0.29) is 0 Å². The number of aromatic nitrogens is 2. The van der Waals surface area contributed by atoms with Crippen molar-refractivity contribution < 1.29 is 0 Å². The molecule has 0 bridgehead atoms. The van der Waals surface area contributed by atoms with Gasteiger partial charge < -0.3 is 16.4 Å². The standard InChI is InChI=1S/C17H16BrN5/c18-15-11-20-17(22-14-8-6-12(10-19)7-9-14)23-16(15)21-13-4-2-1-3-5-13/h1-9,11H,10,19H2,(H2,20,21,22,23). The quantitative estimate of drug-likeness (QED) is 0.628. The summed E-state index contributed by atoms with van der Waals surface area (Å²) in [6, 6.07) is 17.7. The fraction of sp³-hybridized carbons (Fsp3) is 0.0588. The minimum absolute atomic E-state index is 0.520. The van der Waals surface area contributed by atoms with Crippen LogP contribution in [0.2, 0.25) is 0 Å². The molecule has 0 unspecified atom stereocenters. The first kappa shape index (κ1) is 15.5. The SMILES string of the molecule is NCc1ccc(Nc2ncc(Br)c(Nc3ccccc3)n2)cc1. The minimum atomic E-state index is 0.520. The third-order valence-electron chi connectivity index (χ3n) is 3.23. The normalized spacial score (nSPS) is 10.3. The van der Waals surface area contributed by atoms with Gasteiger partial charge in [-0.2, -0.15) is 4.98 Å². The van der Waals surface area contributed by atoms with Gasteiger partial charge in [0.1, 0.15) is 5.82 Å². The maximum atomic E-state index is 5.60. The van der Waals surface area contributed by atoms with Crippen molar-refractivity contribution in [2.45, 2.75) is 6.54 Å². The first-order valence-corrected chi connectivity index (χ1v) is 7.94. The van der Waals surface area contributed by atoms with Gasteiger partial charge in [0, 0.05) is 24.1 Å². The number of anilines is 4. The molecule has 0 saturated carbocycles. The van der Waals surface area contributed by atoms with Gasteiger partial charge in [0.05, 0.1) is 4.47 Å². The Labute approximate surface area is 143 Å². The lowest BCUT2D eigenvalue weighted by Gasteiger charge is -2.10. The number of benzene rings is 2. The predicted molar refractivity (Wildman–Crippen MR) is 97.1 cm³/mol. The fourth-order valence-corrected chi connectivity index (χ4v) is 2.32. The summed E-state index contributed by atoms with van der Waals surface area (Å²) in [6.45, 7) is 0.528. The first-order valence-electron chi connectivity index (χ1n) is 7.15. The molecule has 0 aliphatic heterocycles. The van der Waals surface area contributed by atoms with E-state index in [9.17, 15) is 0 Å². The highest BCUT2D eigenvalue weighted by Crippen LogP contribution is 2.25. The zero-order valence-corrected chi connectivity index (χ0v) is 13.9. The van der Waals surface area contributed by atoms with Crippen LogP contribution in [-0.2, 0) is 6.54 Å². The van der Waals surface area contributed by atoms with E-state index in [1.165, 1.54) is 0 Å². The maximum absolute atomic E-state index is 5.60. The molecule has 0 saturated heterocycles. The van der Waals surface area contributed by atoms with Crippen LogP contribution in [-0.4, -0.2) is 9.97 Å². The van der Waals surface area contributed by atoms with Gasteiger partial charge in [-0.15, -0.1) is 0 Å². The highest BCUT2D eigenvalue weighted by atomic mass is 79.9. The van der Waals surface area contributed by atoms with Crippen LogP contribution in [0.1, 0.15) is 5.56 Å². The van der Waals surface area contributed by atoms with Crippen molar-refractivity contribution in [3.63, 3.8) is 0 Å². The second kappa shape index (κ2) is 7.21. The number of para-hydroxylation sites is 1. The minimum Gasteiger partial charge on any atom is -0.339 e. The summed E-state index contributed by atoms with van der Waals surface area (Å²) < 4.78 is 0.797. The number of nitrogens with zero attached hydrogens (tertiary/aromatic N) is 2. The van der Waals surface area contributed by atoms with E-state index in [1.54, 1.807) is 6.20 Å². The van der Waals surface area contributed by atoms with Gasteiger partial charge in [0.15, 0.2) is 0 Å². The van der Waals surface area contributed by atoms with Gasteiger partial charge in [-0.3, -0.25) is 0 Å². The van der Waals surface area contributed by atoms with Crippen LogP contribution < -0.4 is 16.4 Å². The third kappa shape index (κ3) is 4.06. The summed E-state index contributed by atoms with van der Waals surface area (Å²) in [7, 11) is 0. The average molecular weight is 370 g/mol. The topological polar surface area (TPSA) is 75.9 Å².